The fourth-order valence-corrected chi connectivity index (χ4v) is 2.29. The molecule has 94 valence electrons. The molecule has 1 heterocycles. The lowest BCUT2D eigenvalue weighted by molar-refractivity contribution is 0.0988. The molecule has 0 aliphatic rings. The second-order valence-electron chi connectivity index (χ2n) is 4.63. The van der Waals surface area contributed by atoms with E-state index in [0.29, 0.717) is 6.42 Å². The first-order valence-corrected chi connectivity index (χ1v) is 6.48. The number of carbonyl (C=O) groups excluding carboxylic acids is 1. The van der Waals surface area contributed by atoms with E-state index in [-0.39, 0.29) is 5.78 Å². The van der Waals surface area contributed by atoms with Crippen LogP contribution in [0.4, 0.5) is 0 Å². The van der Waals surface area contributed by atoms with Crippen LogP contribution in [0.5, 0.6) is 0 Å². The summed E-state index contributed by atoms with van der Waals surface area (Å²) in [5.74, 6) is 0.188. The van der Waals surface area contributed by atoms with Crippen molar-refractivity contribution in [3.8, 4) is 11.1 Å². The van der Waals surface area contributed by atoms with E-state index in [1.807, 2.05) is 37.4 Å². The quantitative estimate of drug-likeness (QED) is 0.684. The van der Waals surface area contributed by atoms with Gasteiger partial charge in [-0.2, -0.15) is 0 Å². The molecule has 2 nitrogen and oxygen atoms in total. The number of H-pyrrole nitrogens is 1. The minimum absolute atomic E-state index is 0.188. The molecular formula is C17H15NO. The Morgan fingerprint density at radius 3 is 2.47 bits per heavy atom. The first-order chi connectivity index (χ1) is 9.28. The topological polar surface area (TPSA) is 32.9 Å². The molecule has 0 bridgehead atoms. The highest BCUT2D eigenvalue weighted by Gasteiger charge is 2.04. The van der Waals surface area contributed by atoms with Crippen LogP contribution in [0.3, 0.4) is 0 Å². The predicted molar refractivity (Wildman–Crippen MR) is 78.4 cm³/mol. The van der Waals surface area contributed by atoms with E-state index in [9.17, 15) is 4.79 Å². The lowest BCUT2D eigenvalue weighted by atomic mass is 10.0. The molecule has 0 radical (unpaired) electrons. The van der Waals surface area contributed by atoms with Crippen LogP contribution in [0.15, 0.2) is 54.7 Å². The smallest absolute Gasteiger partial charge is 0.162 e. The van der Waals surface area contributed by atoms with Gasteiger partial charge in [-0.25, -0.2) is 0 Å². The molecule has 2 heteroatoms. The zero-order valence-corrected chi connectivity index (χ0v) is 10.8. The average Bonchev–Trinajstić information content (AvgIpc) is 2.94. The third-order valence-corrected chi connectivity index (χ3v) is 3.41. The number of aromatic nitrogens is 1. The number of benzene rings is 2. The summed E-state index contributed by atoms with van der Waals surface area (Å²) in [4.78, 5) is 14.8. The zero-order chi connectivity index (χ0) is 13.2. The van der Waals surface area contributed by atoms with Crippen LogP contribution in [0.1, 0.15) is 23.7 Å². The monoisotopic (exact) mass is 249 g/mol. The van der Waals surface area contributed by atoms with Gasteiger partial charge in [0.2, 0.25) is 0 Å². The Hall–Kier alpha value is -2.35. The van der Waals surface area contributed by atoms with Crippen molar-refractivity contribution in [2.75, 3.05) is 0 Å². The lowest BCUT2D eigenvalue weighted by Crippen LogP contribution is -1.95. The molecule has 0 aliphatic heterocycles. The molecule has 1 aromatic heterocycles. The maximum absolute atomic E-state index is 11.6. The fourth-order valence-electron chi connectivity index (χ4n) is 2.29. The van der Waals surface area contributed by atoms with Crippen molar-refractivity contribution < 1.29 is 4.79 Å². The van der Waals surface area contributed by atoms with E-state index < -0.39 is 0 Å². The molecule has 19 heavy (non-hydrogen) atoms. The highest BCUT2D eigenvalue weighted by molar-refractivity contribution is 5.96. The van der Waals surface area contributed by atoms with Crippen LogP contribution in [0.25, 0.3) is 22.0 Å². The Morgan fingerprint density at radius 1 is 1.00 bits per heavy atom. The minimum Gasteiger partial charge on any atom is -0.361 e. The number of fused-ring (bicyclic) bond motifs is 1. The summed E-state index contributed by atoms with van der Waals surface area (Å²) in [5.41, 5.74) is 4.23. The van der Waals surface area contributed by atoms with Gasteiger partial charge in [0.25, 0.3) is 0 Å². The van der Waals surface area contributed by atoms with E-state index in [0.717, 1.165) is 16.6 Å². The van der Waals surface area contributed by atoms with E-state index in [1.54, 1.807) is 0 Å². The largest absolute Gasteiger partial charge is 0.361 e. The summed E-state index contributed by atoms with van der Waals surface area (Å²) in [6, 6.07) is 16.2. The van der Waals surface area contributed by atoms with Crippen LogP contribution < -0.4 is 0 Å². The Balaban J connectivity index is 1.99. The molecular weight excluding hydrogens is 234 g/mol. The Kier molecular flexibility index (Phi) is 2.92. The van der Waals surface area contributed by atoms with E-state index in [1.165, 1.54) is 10.9 Å². The van der Waals surface area contributed by atoms with Gasteiger partial charge in [0, 0.05) is 23.7 Å². The number of ketones is 1. The van der Waals surface area contributed by atoms with Crippen molar-refractivity contribution in [3.05, 3.63) is 60.3 Å². The summed E-state index contributed by atoms with van der Waals surface area (Å²) >= 11 is 0. The van der Waals surface area contributed by atoms with Crippen molar-refractivity contribution in [3.63, 3.8) is 0 Å². The van der Waals surface area contributed by atoms with Gasteiger partial charge in [0.1, 0.15) is 0 Å². The van der Waals surface area contributed by atoms with Gasteiger partial charge in [0.05, 0.1) is 0 Å². The number of aromatic amines is 1. The third-order valence-electron chi connectivity index (χ3n) is 3.41. The van der Waals surface area contributed by atoms with Crippen LogP contribution in [0.2, 0.25) is 0 Å². The number of hydrogen-bond acceptors (Lipinski definition) is 1. The van der Waals surface area contributed by atoms with Crippen molar-refractivity contribution in [2.45, 2.75) is 13.3 Å². The standard InChI is InChI=1S/C17H15NO/c1-2-17(19)13-5-3-12(4-6-13)14-7-8-16-15(11-14)9-10-18-16/h3-11,18H,2H2,1H3. The molecule has 3 aromatic rings. The van der Waals surface area contributed by atoms with Gasteiger partial charge < -0.3 is 4.98 Å². The van der Waals surface area contributed by atoms with E-state index in [2.05, 4.69) is 29.2 Å². The van der Waals surface area contributed by atoms with Gasteiger partial charge >= 0.3 is 0 Å². The number of carbonyl (C=O) groups is 1. The first kappa shape index (κ1) is 11.7. The van der Waals surface area contributed by atoms with E-state index >= 15 is 0 Å². The van der Waals surface area contributed by atoms with Gasteiger partial charge in [-0.15, -0.1) is 0 Å². The molecule has 0 aliphatic carbocycles. The van der Waals surface area contributed by atoms with Gasteiger partial charge in [0.15, 0.2) is 5.78 Å². The van der Waals surface area contributed by atoms with Gasteiger partial charge in [-0.3, -0.25) is 4.79 Å². The molecule has 1 N–H and O–H groups in total. The number of Topliss-reactive ketones (excluding diaryl/α,β-unsaturated/α-hetero) is 1. The van der Waals surface area contributed by atoms with Crippen molar-refractivity contribution in [1.29, 1.82) is 0 Å². The van der Waals surface area contributed by atoms with Crippen LogP contribution >= 0.6 is 0 Å². The minimum atomic E-state index is 0.188. The molecule has 2 aromatic carbocycles. The maximum Gasteiger partial charge on any atom is 0.162 e. The van der Waals surface area contributed by atoms with Gasteiger partial charge in [-0.05, 0) is 34.7 Å². The van der Waals surface area contributed by atoms with Crippen molar-refractivity contribution in [2.24, 2.45) is 0 Å². The van der Waals surface area contributed by atoms with Crippen LogP contribution in [-0.2, 0) is 0 Å². The summed E-state index contributed by atoms with van der Waals surface area (Å²) in [6.07, 6.45) is 2.49. The number of rotatable bonds is 3. The maximum atomic E-state index is 11.6. The highest BCUT2D eigenvalue weighted by atomic mass is 16.1. The first-order valence-electron chi connectivity index (χ1n) is 6.48. The Morgan fingerprint density at radius 2 is 1.74 bits per heavy atom. The molecule has 3 rings (SSSR count). The number of hydrogen-bond donors (Lipinski definition) is 1. The van der Waals surface area contributed by atoms with E-state index in [4.69, 9.17) is 0 Å². The normalized spacial score (nSPS) is 10.8. The third kappa shape index (κ3) is 2.17. The molecule has 0 amide bonds. The SMILES string of the molecule is CCC(=O)c1ccc(-c2ccc3[nH]ccc3c2)cc1. The Labute approximate surface area is 112 Å². The number of nitrogens with one attached hydrogen (secondary N) is 1. The summed E-state index contributed by atoms with van der Waals surface area (Å²) in [7, 11) is 0. The Bertz CT molecular complexity index is 722. The molecule has 0 saturated heterocycles. The summed E-state index contributed by atoms with van der Waals surface area (Å²) in [5, 5.41) is 1.20. The zero-order valence-electron chi connectivity index (χ0n) is 10.8. The fraction of sp³-hybridized carbons (Fsp3) is 0.118. The van der Waals surface area contributed by atoms with Crippen molar-refractivity contribution in [1.82, 2.24) is 4.98 Å². The predicted octanol–water partition coefficient (Wildman–Crippen LogP) is 4.43. The molecule has 0 unspecified atom stereocenters. The molecule has 0 fully saturated rings. The second-order valence-corrected chi connectivity index (χ2v) is 4.63. The molecule has 0 saturated carbocycles. The molecule has 0 spiro atoms. The van der Waals surface area contributed by atoms with Crippen molar-refractivity contribution >= 4 is 16.7 Å². The summed E-state index contributed by atoms with van der Waals surface area (Å²) in [6.45, 7) is 1.88. The van der Waals surface area contributed by atoms with Crippen LogP contribution in [-0.4, -0.2) is 10.8 Å². The van der Waals surface area contributed by atoms with Gasteiger partial charge in [-0.1, -0.05) is 37.3 Å². The summed E-state index contributed by atoms with van der Waals surface area (Å²) < 4.78 is 0. The molecule has 0 atom stereocenters. The van der Waals surface area contributed by atoms with Crippen LogP contribution in [0, 0.1) is 0 Å². The lowest BCUT2D eigenvalue weighted by Gasteiger charge is -2.04. The second kappa shape index (κ2) is 4.73. The average molecular weight is 249 g/mol. The highest BCUT2D eigenvalue weighted by Crippen LogP contribution is 2.24.